The zero-order chi connectivity index (χ0) is 24.2. The number of carbonyl (C=O) groups is 3. The van der Waals surface area contributed by atoms with E-state index in [-0.39, 0.29) is 24.6 Å². The summed E-state index contributed by atoms with van der Waals surface area (Å²) in [5.74, 6) is 0.690. The van der Waals surface area contributed by atoms with Crippen LogP contribution in [0.15, 0.2) is 48.6 Å². The van der Waals surface area contributed by atoms with Crippen molar-refractivity contribution in [2.75, 3.05) is 35.0 Å². The number of methoxy groups -OCH3 is 4. The quantitative estimate of drug-likeness (QED) is 0.273. The van der Waals surface area contributed by atoms with Crippen LogP contribution in [0, 0.1) is 0 Å². The van der Waals surface area contributed by atoms with Crippen LogP contribution in [0.3, 0.4) is 0 Å². The van der Waals surface area contributed by atoms with Crippen LogP contribution in [0.1, 0.15) is 17.5 Å². The molecule has 0 radical (unpaired) electrons. The molecule has 0 aliphatic heterocycles. The molecule has 8 heteroatoms. The van der Waals surface area contributed by atoms with Crippen LogP contribution in [0.2, 0.25) is 0 Å². The summed E-state index contributed by atoms with van der Waals surface area (Å²) in [6, 6.07) is 10.2. The molecular formula is C25H26O8. The minimum absolute atomic E-state index is 0.251. The summed E-state index contributed by atoms with van der Waals surface area (Å²) in [6.07, 6.45) is 5.59. The predicted octanol–water partition coefficient (Wildman–Crippen LogP) is 3.52. The highest BCUT2D eigenvalue weighted by Crippen LogP contribution is 2.29. The summed E-state index contributed by atoms with van der Waals surface area (Å²) in [4.78, 5) is 35.5. The highest BCUT2D eigenvalue weighted by atomic mass is 16.6. The van der Waals surface area contributed by atoms with Gasteiger partial charge in [-0.3, -0.25) is 9.59 Å². The molecule has 0 aliphatic rings. The zero-order valence-electron chi connectivity index (χ0n) is 19.0. The van der Waals surface area contributed by atoms with Crippen molar-refractivity contribution < 1.29 is 38.1 Å². The summed E-state index contributed by atoms with van der Waals surface area (Å²) in [5, 5.41) is 0. The van der Waals surface area contributed by atoms with Gasteiger partial charge in [0.2, 0.25) is 0 Å². The summed E-state index contributed by atoms with van der Waals surface area (Å²) < 4.78 is 25.5. The van der Waals surface area contributed by atoms with Crippen molar-refractivity contribution in [3.8, 4) is 23.0 Å². The van der Waals surface area contributed by atoms with Crippen molar-refractivity contribution in [2.24, 2.45) is 0 Å². The second kappa shape index (κ2) is 12.7. The van der Waals surface area contributed by atoms with Gasteiger partial charge in [-0.1, -0.05) is 24.3 Å². The van der Waals surface area contributed by atoms with E-state index in [2.05, 4.69) is 4.74 Å². The van der Waals surface area contributed by atoms with Gasteiger partial charge in [0.25, 0.3) is 0 Å². The molecule has 174 valence electrons. The summed E-state index contributed by atoms with van der Waals surface area (Å²) in [6.45, 7) is -0.251. The number of ether oxygens (including phenoxy) is 5. The van der Waals surface area contributed by atoms with Gasteiger partial charge in [-0.05, 0) is 47.5 Å². The number of benzene rings is 2. The first-order valence-electron chi connectivity index (χ1n) is 9.91. The molecule has 2 aromatic rings. The first-order valence-corrected chi connectivity index (χ1v) is 9.91. The van der Waals surface area contributed by atoms with Gasteiger partial charge < -0.3 is 23.7 Å². The van der Waals surface area contributed by atoms with Gasteiger partial charge in [0.15, 0.2) is 41.2 Å². The van der Waals surface area contributed by atoms with Crippen LogP contribution in [-0.2, 0) is 19.1 Å². The molecular weight excluding hydrogens is 428 g/mol. The number of rotatable bonds is 12. The Labute approximate surface area is 192 Å². The van der Waals surface area contributed by atoms with E-state index in [1.165, 1.54) is 33.5 Å². The molecule has 8 nitrogen and oxygen atoms in total. The lowest BCUT2D eigenvalue weighted by Gasteiger charge is -2.10. The Morgan fingerprint density at radius 2 is 1.18 bits per heavy atom. The molecule has 0 saturated carbocycles. The fraction of sp³-hybridized carbons (Fsp3) is 0.240. The second-order valence-electron chi connectivity index (χ2n) is 6.67. The third kappa shape index (κ3) is 7.84. The monoisotopic (exact) mass is 454 g/mol. The smallest absolute Gasteiger partial charge is 0.343 e. The molecule has 0 aliphatic carbocycles. The van der Waals surface area contributed by atoms with Crippen LogP contribution >= 0.6 is 0 Å². The Bertz CT molecular complexity index is 1050. The van der Waals surface area contributed by atoms with Crippen LogP contribution < -0.4 is 18.9 Å². The van der Waals surface area contributed by atoms with Crippen molar-refractivity contribution in [1.29, 1.82) is 0 Å². The zero-order valence-corrected chi connectivity index (χ0v) is 19.0. The van der Waals surface area contributed by atoms with Crippen molar-refractivity contribution in [3.05, 3.63) is 59.7 Å². The number of carbonyl (C=O) groups excluding carboxylic acids is 3. The van der Waals surface area contributed by atoms with E-state index in [1.807, 2.05) is 0 Å². The lowest BCUT2D eigenvalue weighted by Crippen LogP contribution is -2.12. The van der Waals surface area contributed by atoms with E-state index >= 15 is 0 Å². The van der Waals surface area contributed by atoms with E-state index in [9.17, 15) is 14.4 Å². The molecule has 0 N–H and O–H groups in total. The molecule has 0 unspecified atom stereocenters. The van der Waals surface area contributed by atoms with Gasteiger partial charge in [0, 0.05) is 0 Å². The van der Waals surface area contributed by atoms with E-state index in [0.717, 1.165) is 5.56 Å². The maximum atomic E-state index is 12.2. The summed E-state index contributed by atoms with van der Waals surface area (Å²) in [5.41, 5.74) is 1.41. The maximum Gasteiger partial charge on any atom is 0.343 e. The number of esters is 1. The van der Waals surface area contributed by atoms with Gasteiger partial charge >= 0.3 is 5.97 Å². The normalized spacial score (nSPS) is 10.8. The number of hydrogen-bond donors (Lipinski definition) is 0. The minimum atomic E-state index is -0.517. The van der Waals surface area contributed by atoms with Gasteiger partial charge in [-0.15, -0.1) is 0 Å². The lowest BCUT2D eigenvalue weighted by molar-refractivity contribution is -0.143. The topological polar surface area (TPSA) is 97.4 Å². The standard InChI is InChI=1S/C25H26O8/c1-29-21-11-7-17(13-23(21)30-2)5-9-19(26)15-20(27)10-6-18-8-12-22(24(14-18)31-3)33-16-25(28)32-4/h5-14H,15-16H2,1-4H3/b9-5+,10-6+. The second-order valence-corrected chi connectivity index (χ2v) is 6.67. The van der Waals surface area contributed by atoms with Crippen molar-refractivity contribution >= 4 is 29.7 Å². The fourth-order valence-corrected chi connectivity index (χ4v) is 2.73. The molecule has 0 amide bonds. The highest BCUT2D eigenvalue weighted by Gasteiger charge is 2.09. The van der Waals surface area contributed by atoms with Gasteiger partial charge in [0.1, 0.15) is 0 Å². The third-order valence-corrected chi connectivity index (χ3v) is 4.44. The third-order valence-electron chi connectivity index (χ3n) is 4.44. The Morgan fingerprint density at radius 1 is 0.697 bits per heavy atom. The number of hydrogen-bond acceptors (Lipinski definition) is 8. The molecule has 0 spiro atoms. The molecule has 33 heavy (non-hydrogen) atoms. The Kier molecular flexibility index (Phi) is 9.70. The average Bonchev–Trinajstić information content (AvgIpc) is 2.84. The highest BCUT2D eigenvalue weighted by molar-refractivity contribution is 6.10. The maximum absolute atomic E-state index is 12.2. The SMILES string of the molecule is COC(=O)COc1ccc(/C=C/C(=O)CC(=O)/C=C/c2ccc(OC)c(OC)c2)cc1OC. The van der Waals surface area contributed by atoms with E-state index < -0.39 is 5.97 Å². The van der Waals surface area contributed by atoms with Crippen LogP contribution in [0.5, 0.6) is 23.0 Å². The van der Waals surface area contributed by atoms with E-state index in [0.29, 0.717) is 28.6 Å². The minimum Gasteiger partial charge on any atom is -0.493 e. The Morgan fingerprint density at radius 3 is 1.67 bits per heavy atom. The first-order chi connectivity index (χ1) is 15.9. The molecule has 0 heterocycles. The molecule has 0 saturated heterocycles. The molecule has 0 atom stereocenters. The number of ketones is 2. The van der Waals surface area contributed by atoms with Gasteiger partial charge in [-0.2, -0.15) is 0 Å². The molecule has 0 aromatic heterocycles. The van der Waals surface area contributed by atoms with Crippen molar-refractivity contribution in [2.45, 2.75) is 6.42 Å². The van der Waals surface area contributed by atoms with E-state index in [1.54, 1.807) is 55.7 Å². The largest absolute Gasteiger partial charge is 0.493 e. The first kappa shape index (κ1) is 25.2. The van der Waals surface area contributed by atoms with Crippen molar-refractivity contribution in [3.63, 3.8) is 0 Å². The van der Waals surface area contributed by atoms with Crippen LogP contribution in [0.25, 0.3) is 12.2 Å². The number of allylic oxidation sites excluding steroid dienone is 2. The predicted molar refractivity (Wildman–Crippen MR) is 123 cm³/mol. The van der Waals surface area contributed by atoms with Gasteiger partial charge in [-0.25, -0.2) is 4.79 Å². The summed E-state index contributed by atoms with van der Waals surface area (Å²) in [7, 11) is 5.80. The van der Waals surface area contributed by atoms with Gasteiger partial charge in [0.05, 0.1) is 34.9 Å². The summed E-state index contributed by atoms with van der Waals surface area (Å²) >= 11 is 0. The molecule has 2 aromatic carbocycles. The van der Waals surface area contributed by atoms with E-state index in [4.69, 9.17) is 18.9 Å². The fourth-order valence-electron chi connectivity index (χ4n) is 2.73. The Balaban J connectivity index is 1.96. The average molecular weight is 454 g/mol. The van der Waals surface area contributed by atoms with Crippen LogP contribution in [0.4, 0.5) is 0 Å². The Hall–Kier alpha value is -4.07. The lowest BCUT2D eigenvalue weighted by atomic mass is 10.1. The molecule has 2 rings (SSSR count). The van der Waals surface area contributed by atoms with Crippen molar-refractivity contribution in [1.82, 2.24) is 0 Å². The van der Waals surface area contributed by atoms with Crippen LogP contribution in [-0.4, -0.2) is 52.6 Å². The molecule has 0 bridgehead atoms. The molecule has 0 fully saturated rings.